The lowest BCUT2D eigenvalue weighted by Gasteiger charge is -2.13. The molecule has 0 amide bonds. The van der Waals surface area contributed by atoms with Crippen LogP contribution in [0.1, 0.15) is 24.2 Å². The Morgan fingerprint density at radius 1 is 1.44 bits per heavy atom. The van der Waals surface area contributed by atoms with Crippen LogP contribution in [0.25, 0.3) is 0 Å². The Kier molecular flexibility index (Phi) is 2.88. The van der Waals surface area contributed by atoms with Gasteiger partial charge in [0.25, 0.3) is 0 Å². The molecule has 1 unspecified atom stereocenters. The highest BCUT2D eigenvalue weighted by Gasteiger charge is 2.16. The largest absolute Gasteiger partial charge is 0.508 e. The van der Waals surface area contributed by atoms with Gasteiger partial charge in [0.15, 0.2) is 0 Å². The number of rotatable bonds is 2. The molecule has 16 heavy (non-hydrogen) atoms. The molecule has 4 heteroatoms. The number of aromatic nitrogens is 2. The van der Waals surface area contributed by atoms with E-state index in [9.17, 15) is 5.11 Å². The summed E-state index contributed by atoms with van der Waals surface area (Å²) in [5.41, 5.74) is 0.832. The van der Waals surface area contributed by atoms with Gasteiger partial charge in [0.2, 0.25) is 0 Å². The highest BCUT2D eigenvalue weighted by Crippen LogP contribution is 2.31. The van der Waals surface area contributed by atoms with Crippen molar-refractivity contribution in [2.75, 3.05) is 0 Å². The number of phenolic OH excluding ortho intramolecular Hbond substituents is 1. The fourth-order valence-electron chi connectivity index (χ4n) is 1.82. The van der Waals surface area contributed by atoms with Gasteiger partial charge in [-0.25, -0.2) is 4.98 Å². The van der Waals surface area contributed by atoms with Crippen molar-refractivity contribution in [2.45, 2.75) is 12.8 Å². The van der Waals surface area contributed by atoms with E-state index >= 15 is 0 Å². The number of hydrogen-bond donors (Lipinski definition) is 1. The molecule has 3 nitrogen and oxygen atoms in total. The third-order valence-electron chi connectivity index (χ3n) is 2.70. The SMILES string of the molecule is CC(c1ccc(Cl)cc1O)c1nccn1C. The van der Waals surface area contributed by atoms with E-state index in [0.29, 0.717) is 5.02 Å². The third-order valence-corrected chi connectivity index (χ3v) is 2.94. The summed E-state index contributed by atoms with van der Waals surface area (Å²) in [6, 6.07) is 5.16. The minimum absolute atomic E-state index is 0.0391. The van der Waals surface area contributed by atoms with E-state index in [1.807, 2.05) is 30.8 Å². The zero-order chi connectivity index (χ0) is 11.7. The average molecular weight is 237 g/mol. The number of phenols is 1. The topological polar surface area (TPSA) is 38.1 Å². The van der Waals surface area contributed by atoms with Crippen molar-refractivity contribution in [1.29, 1.82) is 0 Å². The van der Waals surface area contributed by atoms with Gasteiger partial charge in [-0.1, -0.05) is 24.6 Å². The Bertz CT molecular complexity index is 507. The molecule has 0 radical (unpaired) electrons. The van der Waals surface area contributed by atoms with Crippen molar-refractivity contribution in [3.05, 3.63) is 47.0 Å². The smallest absolute Gasteiger partial charge is 0.120 e. The highest BCUT2D eigenvalue weighted by atomic mass is 35.5. The molecule has 1 aromatic carbocycles. The molecule has 2 aromatic rings. The van der Waals surface area contributed by atoms with Crippen LogP contribution in [0.2, 0.25) is 5.02 Å². The van der Waals surface area contributed by atoms with Crippen molar-refractivity contribution < 1.29 is 5.11 Å². The molecule has 0 saturated heterocycles. The first-order chi connectivity index (χ1) is 7.59. The van der Waals surface area contributed by atoms with Crippen LogP contribution in [0.4, 0.5) is 0 Å². The zero-order valence-corrected chi connectivity index (χ0v) is 9.94. The van der Waals surface area contributed by atoms with E-state index in [0.717, 1.165) is 11.4 Å². The summed E-state index contributed by atoms with van der Waals surface area (Å²) in [5.74, 6) is 1.16. The van der Waals surface area contributed by atoms with Crippen LogP contribution < -0.4 is 0 Å². The van der Waals surface area contributed by atoms with Gasteiger partial charge in [0.1, 0.15) is 11.6 Å². The van der Waals surface area contributed by atoms with Crippen LogP contribution in [-0.4, -0.2) is 14.7 Å². The van der Waals surface area contributed by atoms with Gasteiger partial charge in [0.05, 0.1) is 0 Å². The summed E-state index contributed by atoms with van der Waals surface area (Å²) in [4.78, 5) is 4.27. The number of aryl methyl sites for hydroxylation is 1. The summed E-state index contributed by atoms with van der Waals surface area (Å²) < 4.78 is 1.94. The van der Waals surface area contributed by atoms with Crippen LogP contribution in [0, 0.1) is 0 Å². The molecule has 0 aliphatic rings. The van der Waals surface area contributed by atoms with Crippen molar-refractivity contribution in [3.63, 3.8) is 0 Å². The first kappa shape index (κ1) is 11.0. The predicted octanol–water partition coefficient (Wildman–Crippen LogP) is 2.93. The van der Waals surface area contributed by atoms with E-state index < -0.39 is 0 Å². The van der Waals surface area contributed by atoms with Crippen molar-refractivity contribution in [1.82, 2.24) is 9.55 Å². The third kappa shape index (κ3) is 1.91. The van der Waals surface area contributed by atoms with Gasteiger partial charge >= 0.3 is 0 Å². The number of aromatic hydroxyl groups is 1. The second-order valence-corrected chi connectivity index (χ2v) is 4.26. The monoisotopic (exact) mass is 236 g/mol. The first-order valence-corrected chi connectivity index (χ1v) is 5.43. The minimum Gasteiger partial charge on any atom is -0.508 e. The van der Waals surface area contributed by atoms with Crippen LogP contribution >= 0.6 is 11.6 Å². The van der Waals surface area contributed by atoms with Crippen molar-refractivity contribution >= 4 is 11.6 Å². The second-order valence-electron chi connectivity index (χ2n) is 3.82. The lowest BCUT2D eigenvalue weighted by Crippen LogP contribution is -2.04. The fourth-order valence-corrected chi connectivity index (χ4v) is 1.98. The second kappa shape index (κ2) is 4.18. The van der Waals surface area contributed by atoms with Gasteiger partial charge in [-0.2, -0.15) is 0 Å². The summed E-state index contributed by atoms with van der Waals surface area (Å²) in [6.07, 6.45) is 3.64. The van der Waals surface area contributed by atoms with Crippen LogP contribution in [0.15, 0.2) is 30.6 Å². The van der Waals surface area contributed by atoms with E-state index in [2.05, 4.69) is 4.98 Å². The molecule has 0 aliphatic carbocycles. The molecule has 0 bridgehead atoms. The van der Waals surface area contributed by atoms with Crippen LogP contribution in [-0.2, 0) is 7.05 Å². The minimum atomic E-state index is 0.0391. The summed E-state index contributed by atoms with van der Waals surface area (Å²) in [7, 11) is 1.94. The Hall–Kier alpha value is -1.48. The number of imidazole rings is 1. The fraction of sp³-hybridized carbons (Fsp3) is 0.250. The summed E-state index contributed by atoms with van der Waals surface area (Å²) in [6.45, 7) is 2.01. The molecule has 2 rings (SSSR count). The molecule has 0 spiro atoms. The molecular weight excluding hydrogens is 224 g/mol. The molecule has 1 N–H and O–H groups in total. The number of halogens is 1. The maximum Gasteiger partial charge on any atom is 0.120 e. The van der Waals surface area contributed by atoms with Gasteiger partial charge in [0, 0.05) is 35.9 Å². The lowest BCUT2D eigenvalue weighted by atomic mass is 9.99. The molecular formula is C12H13ClN2O. The molecule has 1 heterocycles. The quantitative estimate of drug-likeness (QED) is 0.871. The zero-order valence-electron chi connectivity index (χ0n) is 9.18. The molecule has 0 saturated carbocycles. The van der Waals surface area contributed by atoms with E-state index in [1.54, 1.807) is 18.3 Å². The summed E-state index contributed by atoms with van der Waals surface area (Å²) in [5, 5.41) is 10.4. The van der Waals surface area contributed by atoms with E-state index in [4.69, 9.17) is 11.6 Å². The molecule has 84 valence electrons. The van der Waals surface area contributed by atoms with Crippen molar-refractivity contribution in [2.24, 2.45) is 7.05 Å². The molecule has 1 aromatic heterocycles. The van der Waals surface area contributed by atoms with E-state index in [1.165, 1.54) is 0 Å². The number of hydrogen-bond acceptors (Lipinski definition) is 2. The summed E-state index contributed by atoms with van der Waals surface area (Å²) >= 11 is 5.80. The maximum atomic E-state index is 9.83. The van der Waals surface area contributed by atoms with Crippen LogP contribution in [0.3, 0.4) is 0 Å². The average Bonchev–Trinajstić information content (AvgIpc) is 2.63. The predicted molar refractivity (Wildman–Crippen MR) is 63.8 cm³/mol. The standard InChI is InChI=1S/C12H13ClN2O/c1-8(12-14-5-6-15(12)2)10-4-3-9(13)7-11(10)16/h3-8,16H,1-2H3. The lowest BCUT2D eigenvalue weighted by molar-refractivity contribution is 0.464. The highest BCUT2D eigenvalue weighted by molar-refractivity contribution is 6.30. The molecule has 0 fully saturated rings. The van der Waals surface area contributed by atoms with Gasteiger partial charge in [-0.3, -0.25) is 0 Å². The number of benzene rings is 1. The Labute approximate surface area is 99.3 Å². The van der Waals surface area contributed by atoms with Gasteiger partial charge < -0.3 is 9.67 Å². The Balaban J connectivity index is 2.41. The maximum absolute atomic E-state index is 9.83. The molecule has 0 aliphatic heterocycles. The molecule has 1 atom stereocenters. The number of nitrogens with zero attached hydrogens (tertiary/aromatic N) is 2. The Morgan fingerprint density at radius 3 is 2.75 bits per heavy atom. The Morgan fingerprint density at radius 2 is 2.19 bits per heavy atom. The van der Waals surface area contributed by atoms with Gasteiger partial charge in [-0.05, 0) is 12.1 Å². The van der Waals surface area contributed by atoms with Crippen LogP contribution in [0.5, 0.6) is 5.75 Å². The van der Waals surface area contributed by atoms with Crippen molar-refractivity contribution in [3.8, 4) is 5.75 Å². The van der Waals surface area contributed by atoms with E-state index in [-0.39, 0.29) is 11.7 Å². The normalized spacial score (nSPS) is 12.7. The van der Waals surface area contributed by atoms with Gasteiger partial charge in [-0.15, -0.1) is 0 Å². The first-order valence-electron chi connectivity index (χ1n) is 5.05.